The zero-order valence-corrected chi connectivity index (χ0v) is 5.15. The van der Waals surface area contributed by atoms with Crippen LogP contribution in [0.5, 0.6) is 0 Å². The van der Waals surface area contributed by atoms with E-state index in [1.165, 1.54) is 0 Å². The lowest BCUT2D eigenvalue weighted by molar-refractivity contribution is 1.37. The Labute approximate surface area is 50.2 Å². The lowest BCUT2D eigenvalue weighted by Crippen LogP contribution is -1.73. The summed E-state index contributed by atoms with van der Waals surface area (Å²) in [5.41, 5.74) is 2.31. The summed E-state index contributed by atoms with van der Waals surface area (Å²) in [7, 11) is 0. The molecule has 0 aliphatic carbocycles. The molecule has 0 saturated heterocycles. The van der Waals surface area contributed by atoms with Crippen molar-refractivity contribution in [3.05, 3.63) is 35.4 Å². The van der Waals surface area contributed by atoms with Crippen LogP contribution in [0.15, 0.2) is 12.1 Å². The number of aryl methyl sites for hydroxylation is 2. The summed E-state index contributed by atoms with van der Waals surface area (Å²) in [4.78, 5) is 0. The van der Waals surface area contributed by atoms with Gasteiger partial charge in [0.05, 0.1) is 0 Å². The Bertz CT molecular complexity index is 160. The number of rotatable bonds is 0. The van der Waals surface area contributed by atoms with E-state index in [1.807, 2.05) is 26.0 Å². The minimum atomic E-state index is 1.16. The van der Waals surface area contributed by atoms with E-state index in [0.717, 1.165) is 11.1 Å². The van der Waals surface area contributed by atoms with Crippen LogP contribution in [0, 0.1) is 26.0 Å². The van der Waals surface area contributed by atoms with Crippen LogP contribution in [-0.4, -0.2) is 0 Å². The molecule has 0 saturated carbocycles. The maximum Gasteiger partial charge on any atom is -0.0854 e. The van der Waals surface area contributed by atoms with Crippen molar-refractivity contribution in [3.63, 3.8) is 0 Å². The van der Waals surface area contributed by atoms with Gasteiger partial charge >= 0.3 is 0 Å². The molecule has 0 N–H and O–H groups in total. The van der Waals surface area contributed by atoms with Gasteiger partial charge in [-0.2, -0.15) is 29.3 Å². The Hall–Kier alpha value is -0.780. The van der Waals surface area contributed by atoms with Crippen LogP contribution in [0.1, 0.15) is 11.1 Å². The fraction of sp³-hybridized carbons (Fsp3) is 0.250. The van der Waals surface area contributed by atoms with Gasteiger partial charge in [-0.1, -0.05) is 13.8 Å². The highest BCUT2D eigenvalue weighted by molar-refractivity contribution is 5.17. The second-order valence-electron chi connectivity index (χ2n) is 1.95. The molecule has 1 aromatic rings. The van der Waals surface area contributed by atoms with E-state index in [-0.39, 0.29) is 0 Å². The van der Waals surface area contributed by atoms with Crippen LogP contribution < -0.4 is 0 Å². The zero-order valence-electron chi connectivity index (χ0n) is 5.15. The third kappa shape index (κ3) is 1.09. The Morgan fingerprint density at radius 3 is 2.00 bits per heavy atom. The lowest BCUT2D eigenvalue weighted by atomic mass is 10.2. The van der Waals surface area contributed by atoms with Crippen molar-refractivity contribution in [2.24, 2.45) is 0 Å². The Morgan fingerprint density at radius 1 is 1.25 bits per heavy atom. The third-order valence-electron chi connectivity index (χ3n) is 0.994. The molecular formula is C8H8-. The summed E-state index contributed by atoms with van der Waals surface area (Å²) in [5.74, 6) is 0. The highest BCUT2D eigenvalue weighted by atomic mass is 13.9. The van der Waals surface area contributed by atoms with Gasteiger partial charge in [-0.05, 0) is 0 Å². The molecule has 0 aromatic heterocycles. The van der Waals surface area contributed by atoms with Crippen molar-refractivity contribution in [2.45, 2.75) is 13.8 Å². The Kier molecular flexibility index (Phi) is 1.34. The summed E-state index contributed by atoms with van der Waals surface area (Å²) < 4.78 is 0. The topological polar surface area (TPSA) is 0 Å². The molecule has 1 radical (unpaired) electrons. The van der Waals surface area contributed by atoms with Crippen molar-refractivity contribution >= 4 is 0 Å². The summed E-state index contributed by atoms with van der Waals surface area (Å²) in [5, 5.41) is 0. The number of benzene rings is 1. The largest absolute Gasteiger partial charge is 0.183 e. The van der Waals surface area contributed by atoms with E-state index in [0.29, 0.717) is 0 Å². The van der Waals surface area contributed by atoms with Gasteiger partial charge in [0.2, 0.25) is 0 Å². The SMILES string of the molecule is Cc1[c]c(C)c[c-]c1. The third-order valence-corrected chi connectivity index (χ3v) is 0.994. The molecule has 0 fully saturated rings. The molecule has 8 heavy (non-hydrogen) atoms. The van der Waals surface area contributed by atoms with Crippen molar-refractivity contribution in [1.82, 2.24) is 0 Å². The fourth-order valence-corrected chi connectivity index (χ4v) is 0.675. The van der Waals surface area contributed by atoms with Gasteiger partial charge in [0.15, 0.2) is 0 Å². The highest BCUT2D eigenvalue weighted by Crippen LogP contribution is 1.98. The van der Waals surface area contributed by atoms with E-state index in [1.54, 1.807) is 0 Å². The standard InChI is InChI=1S/C8H8/c1-7-4-3-5-8(2)6-7/h4-5H,1-2H3/q-1. The first-order valence-corrected chi connectivity index (χ1v) is 2.65. The zero-order chi connectivity index (χ0) is 5.98. The molecule has 0 heterocycles. The molecule has 1 aromatic carbocycles. The number of hydrogen-bond donors (Lipinski definition) is 0. The average Bonchev–Trinajstić information content (AvgIpc) is 1.64. The molecule has 1 rings (SSSR count). The minimum Gasteiger partial charge on any atom is -0.183 e. The molecule has 0 spiro atoms. The maximum absolute atomic E-state index is 3.14. The summed E-state index contributed by atoms with van der Waals surface area (Å²) in [6, 6.07) is 9.98. The van der Waals surface area contributed by atoms with Gasteiger partial charge in [0, 0.05) is 0 Å². The first-order valence-electron chi connectivity index (χ1n) is 2.65. The van der Waals surface area contributed by atoms with Crippen molar-refractivity contribution in [1.29, 1.82) is 0 Å². The van der Waals surface area contributed by atoms with E-state index >= 15 is 0 Å². The van der Waals surface area contributed by atoms with Gasteiger partial charge in [0.1, 0.15) is 0 Å². The van der Waals surface area contributed by atoms with Crippen LogP contribution in [0.25, 0.3) is 0 Å². The normalized spacial score (nSPS) is 9.25. The first-order chi connectivity index (χ1) is 3.79. The van der Waals surface area contributed by atoms with E-state index in [4.69, 9.17) is 0 Å². The molecule has 0 bridgehead atoms. The van der Waals surface area contributed by atoms with Crippen LogP contribution in [0.2, 0.25) is 0 Å². The van der Waals surface area contributed by atoms with E-state index < -0.39 is 0 Å². The molecule has 0 amide bonds. The molecule has 0 unspecified atom stereocenters. The molecule has 0 aliphatic heterocycles. The quantitative estimate of drug-likeness (QED) is 0.441. The predicted octanol–water partition coefficient (Wildman–Crippen LogP) is 1.90. The van der Waals surface area contributed by atoms with Crippen molar-refractivity contribution in [2.75, 3.05) is 0 Å². The first kappa shape index (κ1) is 5.36. The van der Waals surface area contributed by atoms with Crippen LogP contribution >= 0.6 is 0 Å². The van der Waals surface area contributed by atoms with Crippen LogP contribution in [0.4, 0.5) is 0 Å². The maximum atomic E-state index is 3.14. The second-order valence-corrected chi connectivity index (χ2v) is 1.95. The fourth-order valence-electron chi connectivity index (χ4n) is 0.675. The van der Waals surface area contributed by atoms with Crippen LogP contribution in [-0.2, 0) is 0 Å². The van der Waals surface area contributed by atoms with Crippen LogP contribution in [0.3, 0.4) is 0 Å². The van der Waals surface area contributed by atoms with Gasteiger partial charge in [0.25, 0.3) is 0 Å². The molecule has 0 nitrogen and oxygen atoms in total. The lowest BCUT2D eigenvalue weighted by Gasteiger charge is -2.00. The second kappa shape index (κ2) is 1.99. The van der Waals surface area contributed by atoms with Gasteiger partial charge in [-0.3, -0.25) is 0 Å². The smallest absolute Gasteiger partial charge is 0.0854 e. The molecular weight excluding hydrogens is 96.1 g/mol. The van der Waals surface area contributed by atoms with E-state index in [9.17, 15) is 0 Å². The Balaban J connectivity index is 3.08. The monoisotopic (exact) mass is 104 g/mol. The van der Waals surface area contributed by atoms with Crippen molar-refractivity contribution < 1.29 is 0 Å². The molecule has 41 valence electrons. The van der Waals surface area contributed by atoms with Gasteiger partial charge < -0.3 is 0 Å². The van der Waals surface area contributed by atoms with Gasteiger partial charge in [-0.15, -0.1) is 6.07 Å². The minimum absolute atomic E-state index is 1.16. The predicted molar refractivity (Wildman–Crippen MR) is 33.6 cm³/mol. The summed E-state index contributed by atoms with van der Waals surface area (Å²) >= 11 is 0. The Morgan fingerprint density at radius 2 is 1.75 bits per heavy atom. The molecule has 0 aliphatic rings. The molecule has 0 heteroatoms. The van der Waals surface area contributed by atoms with E-state index in [2.05, 4.69) is 12.1 Å². The van der Waals surface area contributed by atoms with Gasteiger partial charge in [-0.25, -0.2) is 0 Å². The average molecular weight is 104 g/mol. The highest BCUT2D eigenvalue weighted by Gasteiger charge is 1.70. The number of hydrogen-bond acceptors (Lipinski definition) is 0. The summed E-state index contributed by atoms with van der Waals surface area (Å²) in [6.07, 6.45) is 0. The molecule has 0 atom stereocenters. The van der Waals surface area contributed by atoms with Crippen molar-refractivity contribution in [3.8, 4) is 0 Å². The summed E-state index contributed by atoms with van der Waals surface area (Å²) in [6.45, 7) is 4.03.